The third-order valence-corrected chi connectivity index (χ3v) is 4.46. The number of hydrogen-bond donors (Lipinski definition) is 0. The highest BCUT2D eigenvalue weighted by molar-refractivity contribution is 9.10. The Morgan fingerprint density at radius 1 is 0.815 bits per heavy atom. The van der Waals surface area contributed by atoms with E-state index in [4.69, 9.17) is 4.74 Å². The SMILES string of the molecule is Cc1ccc(C(=O)Oc2ccc(C=CC(=O)c3ccc(Br)cc3)cc2)cc1. The highest BCUT2D eigenvalue weighted by atomic mass is 79.9. The van der Waals surface area contributed by atoms with Crippen LogP contribution in [0.1, 0.15) is 31.8 Å². The normalized spacial score (nSPS) is 10.7. The van der Waals surface area contributed by atoms with Crippen LogP contribution in [0.15, 0.2) is 83.3 Å². The zero-order valence-corrected chi connectivity index (χ0v) is 16.3. The van der Waals surface area contributed by atoms with Gasteiger partial charge in [-0.3, -0.25) is 4.79 Å². The van der Waals surface area contributed by atoms with Crippen LogP contribution >= 0.6 is 15.9 Å². The van der Waals surface area contributed by atoms with Crippen LogP contribution in [0, 0.1) is 6.92 Å². The molecule has 3 aromatic carbocycles. The first-order valence-corrected chi connectivity index (χ1v) is 9.17. The van der Waals surface area contributed by atoms with Crippen LogP contribution in [0.2, 0.25) is 0 Å². The molecular weight excluding hydrogens is 404 g/mol. The van der Waals surface area contributed by atoms with E-state index < -0.39 is 5.97 Å². The second-order valence-electron chi connectivity index (χ2n) is 6.03. The number of benzene rings is 3. The first kappa shape index (κ1) is 18.8. The van der Waals surface area contributed by atoms with Gasteiger partial charge in [-0.15, -0.1) is 0 Å². The van der Waals surface area contributed by atoms with Gasteiger partial charge in [-0.2, -0.15) is 0 Å². The molecule has 27 heavy (non-hydrogen) atoms. The number of halogens is 1. The summed E-state index contributed by atoms with van der Waals surface area (Å²) in [6, 6.07) is 21.4. The number of hydrogen-bond acceptors (Lipinski definition) is 3. The third-order valence-electron chi connectivity index (χ3n) is 3.93. The lowest BCUT2D eigenvalue weighted by atomic mass is 10.1. The minimum Gasteiger partial charge on any atom is -0.423 e. The van der Waals surface area contributed by atoms with E-state index in [1.54, 1.807) is 54.6 Å². The number of aryl methyl sites for hydroxylation is 1. The number of carbonyl (C=O) groups excluding carboxylic acids is 2. The molecule has 0 radical (unpaired) electrons. The van der Waals surface area contributed by atoms with Crippen molar-refractivity contribution in [3.05, 3.63) is 106 Å². The number of carbonyl (C=O) groups is 2. The van der Waals surface area contributed by atoms with E-state index in [9.17, 15) is 9.59 Å². The first-order chi connectivity index (χ1) is 13.0. The summed E-state index contributed by atoms with van der Waals surface area (Å²) in [5.74, 6) is -0.0157. The van der Waals surface area contributed by atoms with Crippen molar-refractivity contribution in [2.75, 3.05) is 0 Å². The average Bonchev–Trinajstić information content (AvgIpc) is 2.68. The van der Waals surface area contributed by atoms with Crippen LogP contribution in [-0.4, -0.2) is 11.8 Å². The second-order valence-corrected chi connectivity index (χ2v) is 6.94. The fraction of sp³-hybridized carbons (Fsp3) is 0.0435. The van der Waals surface area contributed by atoms with E-state index in [2.05, 4.69) is 15.9 Å². The van der Waals surface area contributed by atoms with Gasteiger partial charge in [-0.05, 0) is 67.1 Å². The summed E-state index contributed by atoms with van der Waals surface area (Å²) in [5.41, 5.74) is 3.05. The van der Waals surface area contributed by atoms with Gasteiger partial charge in [0, 0.05) is 10.0 Å². The van der Waals surface area contributed by atoms with Crippen LogP contribution in [0.25, 0.3) is 6.08 Å². The Morgan fingerprint density at radius 3 is 2.04 bits per heavy atom. The Labute approximate surface area is 166 Å². The molecule has 0 spiro atoms. The maximum atomic E-state index is 12.2. The van der Waals surface area contributed by atoms with Gasteiger partial charge in [0.15, 0.2) is 5.78 Å². The van der Waals surface area contributed by atoms with Gasteiger partial charge in [-0.25, -0.2) is 4.79 Å². The second kappa shape index (κ2) is 8.60. The molecule has 0 aliphatic rings. The monoisotopic (exact) mass is 420 g/mol. The predicted molar refractivity (Wildman–Crippen MR) is 110 cm³/mol. The standard InChI is InChI=1S/C23H17BrO3/c1-16-2-7-19(8-3-16)23(26)27-21-13-4-17(5-14-21)6-15-22(25)18-9-11-20(24)12-10-18/h2-15H,1H3. The van der Waals surface area contributed by atoms with Gasteiger partial charge in [-0.1, -0.05) is 51.8 Å². The van der Waals surface area contributed by atoms with Crippen LogP contribution in [0.3, 0.4) is 0 Å². The van der Waals surface area contributed by atoms with Crippen molar-refractivity contribution in [3.8, 4) is 5.75 Å². The molecule has 3 aromatic rings. The van der Waals surface area contributed by atoms with E-state index in [-0.39, 0.29) is 5.78 Å². The summed E-state index contributed by atoms with van der Waals surface area (Å²) in [4.78, 5) is 24.3. The zero-order chi connectivity index (χ0) is 19.2. The number of allylic oxidation sites excluding steroid dienone is 1. The minimum absolute atomic E-state index is 0.0719. The van der Waals surface area contributed by atoms with E-state index >= 15 is 0 Å². The summed E-state index contributed by atoms with van der Waals surface area (Å²) in [5, 5.41) is 0. The summed E-state index contributed by atoms with van der Waals surface area (Å²) < 4.78 is 6.30. The molecule has 0 atom stereocenters. The van der Waals surface area contributed by atoms with E-state index in [1.807, 2.05) is 31.2 Å². The van der Waals surface area contributed by atoms with Gasteiger partial charge in [0.25, 0.3) is 0 Å². The molecule has 3 nitrogen and oxygen atoms in total. The van der Waals surface area contributed by atoms with Crippen molar-refractivity contribution < 1.29 is 14.3 Å². The number of ether oxygens (including phenoxy) is 1. The maximum absolute atomic E-state index is 12.2. The van der Waals surface area contributed by atoms with Gasteiger partial charge < -0.3 is 4.74 Å². The molecule has 0 amide bonds. The van der Waals surface area contributed by atoms with Crippen molar-refractivity contribution in [2.45, 2.75) is 6.92 Å². The van der Waals surface area contributed by atoms with Crippen molar-refractivity contribution in [1.82, 2.24) is 0 Å². The largest absolute Gasteiger partial charge is 0.423 e. The highest BCUT2D eigenvalue weighted by Gasteiger charge is 2.08. The van der Waals surface area contributed by atoms with Crippen molar-refractivity contribution in [2.24, 2.45) is 0 Å². The lowest BCUT2D eigenvalue weighted by Crippen LogP contribution is -2.08. The summed E-state index contributed by atoms with van der Waals surface area (Å²) in [6.45, 7) is 1.96. The lowest BCUT2D eigenvalue weighted by Gasteiger charge is -2.05. The minimum atomic E-state index is -0.399. The lowest BCUT2D eigenvalue weighted by molar-refractivity contribution is 0.0734. The molecule has 0 saturated heterocycles. The molecule has 0 aliphatic heterocycles. The predicted octanol–water partition coefficient (Wildman–Crippen LogP) is 5.87. The van der Waals surface area contributed by atoms with E-state index in [0.29, 0.717) is 16.9 Å². The van der Waals surface area contributed by atoms with E-state index in [0.717, 1.165) is 15.6 Å². The molecule has 0 N–H and O–H groups in total. The van der Waals surface area contributed by atoms with Gasteiger partial charge in [0.05, 0.1) is 5.56 Å². The van der Waals surface area contributed by atoms with Crippen LogP contribution < -0.4 is 4.74 Å². The molecule has 0 aromatic heterocycles. The van der Waals surface area contributed by atoms with Gasteiger partial charge >= 0.3 is 5.97 Å². The van der Waals surface area contributed by atoms with Gasteiger partial charge in [0.1, 0.15) is 5.75 Å². The number of rotatable bonds is 5. The molecule has 0 fully saturated rings. The Kier molecular flexibility index (Phi) is 5.99. The fourth-order valence-corrected chi connectivity index (χ4v) is 2.65. The quantitative estimate of drug-likeness (QED) is 0.224. The number of ketones is 1. The third kappa shape index (κ3) is 5.25. The molecule has 3 rings (SSSR count). The molecule has 0 saturated carbocycles. The first-order valence-electron chi connectivity index (χ1n) is 8.38. The van der Waals surface area contributed by atoms with Crippen LogP contribution in [0.4, 0.5) is 0 Å². The van der Waals surface area contributed by atoms with Crippen LogP contribution in [-0.2, 0) is 0 Å². The molecule has 0 unspecified atom stereocenters. The highest BCUT2D eigenvalue weighted by Crippen LogP contribution is 2.16. The smallest absolute Gasteiger partial charge is 0.343 e. The summed E-state index contributed by atoms with van der Waals surface area (Å²) >= 11 is 3.35. The molecular formula is C23H17BrO3. The van der Waals surface area contributed by atoms with Crippen molar-refractivity contribution in [1.29, 1.82) is 0 Å². The topological polar surface area (TPSA) is 43.4 Å². The Bertz CT molecular complexity index is 970. The molecule has 0 aliphatic carbocycles. The molecule has 134 valence electrons. The van der Waals surface area contributed by atoms with Crippen molar-refractivity contribution >= 4 is 33.8 Å². The molecule has 0 bridgehead atoms. The van der Waals surface area contributed by atoms with E-state index in [1.165, 1.54) is 6.08 Å². The maximum Gasteiger partial charge on any atom is 0.343 e. The molecule has 4 heteroatoms. The number of esters is 1. The van der Waals surface area contributed by atoms with Gasteiger partial charge in [0.2, 0.25) is 0 Å². The summed E-state index contributed by atoms with van der Waals surface area (Å²) in [6.07, 6.45) is 3.26. The summed E-state index contributed by atoms with van der Waals surface area (Å²) in [7, 11) is 0. The average molecular weight is 421 g/mol. The fourth-order valence-electron chi connectivity index (χ4n) is 2.38. The Morgan fingerprint density at radius 2 is 1.41 bits per heavy atom. The Hall–Kier alpha value is -2.98. The zero-order valence-electron chi connectivity index (χ0n) is 14.7. The van der Waals surface area contributed by atoms with Crippen molar-refractivity contribution in [3.63, 3.8) is 0 Å². The Balaban J connectivity index is 1.62. The van der Waals surface area contributed by atoms with Crippen LogP contribution in [0.5, 0.6) is 5.75 Å². The molecule has 0 heterocycles.